The van der Waals surface area contributed by atoms with Crippen molar-refractivity contribution in [2.24, 2.45) is 5.41 Å². The number of nitrogens with zero attached hydrogens (tertiary/aromatic N) is 1. The van der Waals surface area contributed by atoms with Gasteiger partial charge in [0.05, 0.1) is 17.1 Å². The molecule has 0 fully saturated rings. The van der Waals surface area contributed by atoms with E-state index in [1.165, 1.54) is 0 Å². The molecule has 6 heteroatoms. The molecule has 1 amide bonds. The highest BCUT2D eigenvalue weighted by Crippen LogP contribution is 2.33. The number of hydrogen-bond donors (Lipinski definition) is 2. The highest BCUT2D eigenvalue weighted by molar-refractivity contribution is 7.16. The van der Waals surface area contributed by atoms with Gasteiger partial charge in [-0.3, -0.25) is 4.79 Å². The lowest BCUT2D eigenvalue weighted by atomic mass is 9.96. The van der Waals surface area contributed by atoms with Crippen LogP contribution in [-0.2, 0) is 11.3 Å². The van der Waals surface area contributed by atoms with Crippen molar-refractivity contribution in [3.63, 3.8) is 0 Å². The van der Waals surface area contributed by atoms with Crippen molar-refractivity contribution in [2.45, 2.75) is 27.3 Å². The lowest BCUT2D eigenvalue weighted by Gasteiger charge is -2.17. The summed E-state index contributed by atoms with van der Waals surface area (Å²) >= 11 is 3.22. The van der Waals surface area contributed by atoms with E-state index in [0.29, 0.717) is 6.54 Å². The standard InChI is InChI=1S/C19H20N2O2S2/c1-19(2,3)18(23)20-10-14-8-9-16(25-14)15-11-24-17(21-15)12-4-6-13(22)7-5-12/h4-9,11,22H,10H2,1-3H3,(H,20,23). The SMILES string of the molecule is CC(C)(C)C(=O)NCc1ccc(-c2csc(-c3ccc(O)cc3)n2)s1. The van der Waals surface area contributed by atoms with Crippen LogP contribution in [0, 0.1) is 5.41 Å². The highest BCUT2D eigenvalue weighted by atomic mass is 32.1. The van der Waals surface area contributed by atoms with E-state index in [2.05, 4.69) is 10.3 Å². The Labute approximate surface area is 155 Å². The van der Waals surface area contributed by atoms with Crippen LogP contribution in [0.25, 0.3) is 21.1 Å². The van der Waals surface area contributed by atoms with Crippen LogP contribution in [0.15, 0.2) is 41.8 Å². The average Bonchev–Trinajstić information content (AvgIpc) is 3.21. The zero-order chi connectivity index (χ0) is 18.0. The first-order valence-corrected chi connectivity index (χ1v) is 9.65. The molecule has 0 aliphatic heterocycles. The third-order valence-electron chi connectivity index (χ3n) is 3.64. The largest absolute Gasteiger partial charge is 0.508 e. The Balaban J connectivity index is 1.70. The van der Waals surface area contributed by atoms with Crippen LogP contribution < -0.4 is 5.32 Å². The number of rotatable bonds is 4. The zero-order valence-electron chi connectivity index (χ0n) is 14.4. The molecule has 2 N–H and O–H groups in total. The Morgan fingerprint density at radius 1 is 1.16 bits per heavy atom. The number of amides is 1. The van der Waals surface area contributed by atoms with Crippen molar-refractivity contribution in [3.05, 3.63) is 46.7 Å². The summed E-state index contributed by atoms with van der Waals surface area (Å²) in [6.45, 7) is 6.25. The fraction of sp³-hybridized carbons (Fsp3) is 0.263. The Morgan fingerprint density at radius 3 is 2.56 bits per heavy atom. The summed E-state index contributed by atoms with van der Waals surface area (Å²) in [5.41, 5.74) is 1.54. The average molecular weight is 373 g/mol. The van der Waals surface area contributed by atoms with Crippen LogP contribution in [0.2, 0.25) is 0 Å². The van der Waals surface area contributed by atoms with Crippen molar-refractivity contribution in [3.8, 4) is 26.9 Å². The second-order valence-electron chi connectivity index (χ2n) is 6.78. The molecule has 1 aromatic carbocycles. The van der Waals surface area contributed by atoms with Crippen molar-refractivity contribution in [1.29, 1.82) is 0 Å². The Morgan fingerprint density at radius 2 is 1.88 bits per heavy atom. The summed E-state index contributed by atoms with van der Waals surface area (Å²) in [4.78, 5) is 18.8. The molecule has 3 rings (SSSR count). The normalized spacial score (nSPS) is 11.5. The molecule has 3 aromatic rings. The minimum absolute atomic E-state index is 0.0470. The fourth-order valence-electron chi connectivity index (χ4n) is 2.17. The van der Waals surface area contributed by atoms with Gasteiger partial charge in [0, 0.05) is 21.2 Å². The van der Waals surface area contributed by atoms with Gasteiger partial charge in [-0.25, -0.2) is 4.98 Å². The van der Waals surface area contributed by atoms with Crippen LogP contribution in [0.3, 0.4) is 0 Å². The molecule has 2 aromatic heterocycles. The van der Waals surface area contributed by atoms with Crippen molar-refractivity contribution in [1.82, 2.24) is 10.3 Å². The first-order chi connectivity index (χ1) is 11.8. The molecule has 0 spiro atoms. The first-order valence-electron chi connectivity index (χ1n) is 7.95. The van der Waals surface area contributed by atoms with Gasteiger partial charge < -0.3 is 10.4 Å². The van der Waals surface area contributed by atoms with Crippen LogP contribution in [-0.4, -0.2) is 16.0 Å². The predicted molar refractivity (Wildman–Crippen MR) is 104 cm³/mol. The van der Waals surface area contributed by atoms with Crippen molar-refractivity contribution < 1.29 is 9.90 Å². The van der Waals surface area contributed by atoms with Crippen LogP contribution in [0.5, 0.6) is 5.75 Å². The zero-order valence-corrected chi connectivity index (χ0v) is 16.0. The molecule has 25 heavy (non-hydrogen) atoms. The summed E-state index contributed by atoms with van der Waals surface area (Å²) in [5, 5.41) is 15.3. The van der Waals surface area contributed by atoms with Gasteiger partial charge in [-0.05, 0) is 36.4 Å². The second-order valence-corrected chi connectivity index (χ2v) is 8.81. The number of benzene rings is 1. The van der Waals surface area contributed by atoms with E-state index in [4.69, 9.17) is 0 Å². The lowest BCUT2D eigenvalue weighted by molar-refractivity contribution is -0.128. The van der Waals surface area contributed by atoms with Gasteiger partial charge in [-0.2, -0.15) is 0 Å². The van der Waals surface area contributed by atoms with E-state index in [1.54, 1.807) is 34.8 Å². The monoisotopic (exact) mass is 372 g/mol. The molecule has 0 unspecified atom stereocenters. The summed E-state index contributed by atoms with van der Waals surface area (Å²) in [5.74, 6) is 0.298. The van der Waals surface area contributed by atoms with Gasteiger partial charge in [0.1, 0.15) is 10.8 Å². The smallest absolute Gasteiger partial charge is 0.225 e. The summed E-state index contributed by atoms with van der Waals surface area (Å²) in [6, 6.07) is 11.1. The molecule has 130 valence electrons. The number of carbonyl (C=O) groups is 1. The molecule has 0 saturated heterocycles. The fourth-order valence-corrected chi connectivity index (χ4v) is 3.98. The minimum Gasteiger partial charge on any atom is -0.508 e. The van der Waals surface area contributed by atoms with Crippen LogP contribution >= 0.6 is 22.7 Å². The number of aromatic hydroxyl groups is 1. The third kappa shape index (κ3) is 4.27. The van der Waals surface area contributed by atoms with E-state index >= 15 is 0 Å². The van der Waals surface area contributed by atoms with E-state index in [9.17, 15) is 9.90 Å². The molecule has 0 atom stereocenters. The number of thiazole rings is 1. The molecule has 0 radical (unpaired) electrons. The van der Waals surface area contributed by atoms with Gasteiger partial charge in [-0.1, -0.05) is 20.8 Å². The number of aromatic nitrogens is 1. The van der Waals surface area contributed by atoms with Gasteiger partial charge >= 0.3 is 0 Å². The minimum atomic E-state index is -0.381. The quantitative estimate of drug-likeness (QED) is 0.684. The molecular formula is C19H20N2O2S2. The van der Waals surface area contributed by atoms with Crippen LogP contribution in [0.1, 0.15) is 25.6 Å². The highest BCUT2D eigenvalue weighted by Gasteiger charge is 2.20. The van der Waals surface area contributed by atoms with E-state index in [1.807, 2.05) is 50.4 Å². The molecule has 0 aliphatic carbocycles. The summed E-state index contributed by atoms with van der Waals surface area (Å²) in [7, 11) is 0. The summed E-state index contributed by atoms with van der Waals surface area (Å²) < 4.78 is 0. The van der Waals surface area contributed by atoms with Gasteiger partial charge in [-0.15, -0.1) is 22.7 Å². The Bertz CT molecular complexity index is 873. The number of phenolic OH excluding ortho intramolecular Hbond substituents is 1. The summed E-state index contributed by atoms with van der Waals surface area (Å²) in [6.07, 6.45) is 0. The van der Waals surface area contributed by atoms with Crippen molar-refractivity contribution in [2.75, 3.05) is 0 Å². The number of hydrogen-bond acceptors (Lipinski definition) is 5. The van der Waals surface area contributed by atoms with Gasteiger partial charge in [0.25, 0.3) is 0 Å². The molecule has 2 heterocycles. The maximum absolute atomic E-state index is 12.0. The van der Waals surface area contributed by atoms with Gasteiger partial charge in [0.15, 0.2) is 0 Å². The molecule has 0 saturated carbocycles. The van der Waals surface area contributed by atoms with E-state index < -0.39 is 0 Å². The molecular weight excluding hydrogens is 352 g/mol. The molecule has 0 aliphatic rings. The number of thiophene rings is 1. The molecule has 0 bridgehead atoms. The first kappa shape index (κ1) is 17.6. The van der Waals surface area contributed by atoms with Gasteiger partial charge in [0.2, 0.25) is 5.91 Å². The predicted octanol–water partition coefficient (Wildman–Crippen LogP) is 4.91. The maximum Gasteiger partial charge on any atom is 0.225 e. The number of nitrogens with one attached hydrogen (secondary N) is 1. The second kappa shape index (κ2) is 6.98. The van der Waals surface area contributed by atoms with Crippen LogP contribution in [0.4, 0.5) is 0 Å². The van der Waals surface area contributed by atoms with E-state index in [0.717, 1.165) is 26.0 Å². The molecule has 4 nitrogen and oxygen atoms in total. The number of phenols is 1. The topological polar surface area (TPSA) is 62.2 Å². The third-order valence-corrected chi connectivity index (χ3v) is 5.64. The Kier molecular flexibility index (Phi) is 4.92. The Hall–Kier alpha value is -2.18. The van der Waals surface area contributed by atoms with Crippen molar-refractivity contribution >= 4 is 28.6 Å². The lowest BCUT2D eigenvalue weighted by Crippen LogP contribution is -2.34. The maximum atomic E-state index is 12.0. The number of carbonyl (C=O) groups excluding carboxylic acids is 1. The van der Waals surface area contributed by atoms with E-state index in [-0.39, 0.29) is 17.1 Å².